The van der Waals surface area contributed by atoms with Crippen molar-refractivity contribution in [2.75, 3.05) is 12.4 Å². The first-order valence-electron chi connectivity index (χ1n) is 17.7. The maximum atomic E-state index is 14.5. The van der Waals surface area contributed by atoms with Gasteiger partial charge in [0.25, 0.3) is 5.91 Å². The number of aromatic nitrogens is 1. The fourth-order valence-electron chi connectivity index (χ4n) is 6.86. The van der Waals surface area contributed by atoms with Crippen LogP contribution in [-0.4, -0.2) is 53.1 Å². The van der Waals surface area contributed by atoms with Crippen molar-refractivity contribution in [2.45, 2.75) is 104 Å². The number of hydrogen-bond donors (Lipinski definition) is 1. The summed E-state index contributed by atoms with van der Waals surface area (Å²) in [5.74, 6) is -2.53. The number of nitrogens with one attached hydrogen (secondary N) is 1. The van der Waals surface area contributed by atoms with Crippen LogP contribution in [-0.2, 0) is 30.3 Å². The molecule has 0 aliphatic carbocycles. The number of nitrogens with zero attached hydrogens (tertiary/aromatic N) is 1. The third-order valence-electron chi connectivity index (χ3n) is 8.74. The highest BCUT2D eigenvalue weighted by atomic mass is 19.1. The number of anilines is 1. The largest absolute Gasteiger partial charge is 0.465 e. The number of hydrogen-bond acceptors (Lipinski definition) is 7. The molecule has 0 bridgehead atoms. The highest BCUT2D eigenvalue weighted by molar-refractivity contribution is 6.12. The van der Waals surface area contributed by atoms with Crippen LogP contribution in [0.15, 0.2) is 78.9 Å². The van der Waals surface area contributed by atoms with Gasteiger partial charge in [0.15, 0.2) is 5.79 Å². The van der Waals surface area contributed by atoms with Gasteiger partial charge in [-0.2, -0.15) is 0 Å². The maximum Gasteiger partial charge on any atom is 0.337 e. The molecule has 1 aromatic heterocycles. The van der Waals surface area contributed by atoms with Crippen LogP contribution in [0, 0.1) is 5.82 Å². The van der Waals surface area contributed by atoms with Gasteiger partial charge >= 0.3 is 11.9 Å². The Morgan fingerprint density at radius 1 is 0.923 bits per heavy atom. The second kappa shape index (κ2) is 15.8. The fraction of sp³-hybridized carbons (Fsp3) is 0.405. The summed E-state index contributed by atoms with van der Waals surface area (Å²) in [7, 11) is 1.32. The molecule has 1 amide bonds. The van der Waals surface area contributed by atoms with Crippen molar-refractivity contribution in [3.63, 3.8) is 0 Å². The fourth-order valence-corrected chi connectivity index (χ4v) is 6.86. The summed E-state index contributed by atoms with van der Waals surface area (Å²) in [5, 5.41) is 3.06. The van der Waals surface area contributed by atoms with Crippen LogP contribution in [0.4, 0.5) is 10.1 Å². The number of amides is 1. The van der Waals surface area contributed by atoms with Gasteiger partial charge in [0.1, 0.15) is 11.4 Å². The van der Waals surface area contributed by atoms with Crippen LogP contribution in [0.2, 0.25) is 0 Å². The number of carbonyl (C=O) groups is 3. The summed E-state index contributed by atoms with van der Waals surface area (Å²) in [5.41, 5.74) is 4.64. The molecule has 1 saturated heterocycles. The number of benzene rings is 3. The topological polar surface area (TPSA) is 105 Å². The van der Waals surface area contributed by atoms with Crippen molar-refractivity contribution in [2.24, 2.45) is 0 Å². The van der Waals surface area contributed by atoms with Gasteiger partial charge in [-0.25, -0.2) is 9.18 Å². The lowest BCUT2D eigenvalue weighted by atomic mass is 9.94. The number of ether oxygens (including phenoxy) is 4. The highest BCUT2D eigenvalue weighted by Gasteiger charge is 2.38. The molecule has 4 aromatic rings. The standard InChI is InChI=1S/C42H49FN2O7/c1-26(2)37-36(39(47)44-31-20-16-29(17-21-31)40(48)49-8)35(27-12-10-9-11-13-27)38(28-14-18-30(43)19-15-28)45(37)23-22-32-24-33(51-42(6,7)50-32)25-34(46)52-41(3,4)5/h9-21,26,32-33H,22-25H2,1-8H3,(H,44,47). The van der Waals surface area contributed by atoms with Gasteiger partial charge in [-0.15, -0.1) is 0 Å². The van der Waals surface area contributed by atoms with E-state index in [9.17, 15) is 18.8 Å². The molecule has 0 saturated carbocycles. The highest BCUT2D eigenvalue weighted by Crippen LogP contribution is 2.43. The van der Waals surface area contributed by atoms with E-state index in [1.807, 2.05) is 78.8 Å². The molecule has 2 atom stereocenters. The summed E-state index contributed by atoms with van der Waals surface area (Å²) in [6.45, 7) is 13.7. The first kappa shape index (κ1) is 38.4. The van der Waals surface area contributed by atoms with Gasteiger partial charge in [-0.05, 0) is 107 Å². The minimum Gasteiger partial charge on any atom is -0.465 e. The average Bonchev–Trinajstić information content (AvgIpc) is 3.42. The SMILES string of the molecule is COC(=O)c1ccc(NC(=O)c2c(-c3ccccc3)c(-c3ccc(F)cc3)n(CCC3CC(CC(=O)OC(C)(C)C)OC(C)(C)O3)c2C(C)C)cc1. The van der Waals surface area contributed by atoms with Gasteiger partial charge < -0.3 is 28.8 Å². The molecular formula is C42H49FN2O7. The van der Waals surface area contributed by atoms with Gasteiger partial charge in [-0.1, -0.05) is 44.2 Å². The molecule has 3 aromatic carbocycles. The zero-order chi connectivity index (χ0) is 37.8. The van der Waals surface area contributed by atoms with E-state index in [-0.39, 0.29) is 36.1 Å². The minimum atomic E-state index is -0.934. The zero-order valence-electron chi connectivity index (χ0n) is 31.2. The van der Waals surface area contributed by atoms with Crippen molar-refractivity contribution >= 4 is 23.5 Å². The number of halogens is 1. The van der Waals surface area contributed by atoms with E-state index in [0.29, 0.717) is 36.2 Å². The second-order valence-electron chi connectivity index (χ2n) is 14.9. The first-order chi connectivity index (χ1) is 24.5. The number of rotatable bonds is 11. The molecule has 1 aliphatic rings. The van der Waals surface area contributed by atoms with Crippen molar-refractivity contribution in [1.29, 1.82) is 0 Å². The number of methoxy groups -OCH3 is 1. The molecule has 10 heteroatoms. The Bertz CT molecular complexity index is 1870. The Morgan fingerprint density at radius 2 is 1.56 bits per heavy atom. The van der Waals surface area contributed by atoms with Crippen LogP contribution in [0.25, 0.3) is 22.4 Å². The lowest BCUT2D eigenvalue weighted by Gasteiger charge is -2.41. The summed E-state index contributed by atoms with van der Waals surface area (Å²) < 4.78 is 39.5. The monoisotopic (exact) mass is 712 g/mol. The number of carbonyl (C=O) groups excluding carboxylic acids is 3. The van der Waals surface area contributed by atoms with E-state index in [2.05, 4.69) is 9.88 Å². The predicted molar refractivity (Wildman–Crippen MR) is 199 cm³/mol. The lowest BCUT2D eigenvalue weighted by Crippen LogP contribution is -2.46. The second-order valence-corrected chi connectivity index (χ2v) is 14.9. The van der Waals surface area contributed by atoms with Crippen LogP contribution >= 0.6 is 0 Å². The Kier molecular flexibility index (Phi) is 11.7. The van der Waals surface area contributed by atoms with Gasteiger partial charge in [0.2, 0.25) is 0 Å². The van der Waals surface area contributed by atoms with Gasteiger partial charge in [0, 0.05) is 29.9 Å². The quantitative estimate of drug-likeness (QED) is 0.155. The Labute approximate surface area is 305 Å². The molecule has 0 spiro atoms. The lowest BCUT2D eigenvalue weighted by molar-refractivity contribution is -0.301. The molecule has 2 heterocycles. The summed E-state index contributed by atoms with van der Waals surface area (Å²) in [4.78, 5) is 39.3. The molecule has 52 heavy (non-hydrogen) atoms. The van der Waals surface area contributed by atoms with Crippen molar-refractivity contribution < 1.29 is 37.7 Å². The molecule has 9 nitrogen and oxygen atoms in total. The molecular weight excluding hydrogens is 663 g/mol. The van der Waals surface area contributed by atoms with E-state index in [1.165, 1.54) is 19.2 Å². The zero-order valence-corrected chi connectivity index (χ0v) is 31.2. The summed E-state index contributed by atoms with van der Waals surface area (Å²) in [6, 6.07) is 22.5. The van der Waals surface area contributed by atoms with Gasteiger partial charge in [-0.3, -0.25) is 9.59 Å². The molecule has 1 aliphatic heterocycles. The Balaban J connectivity index is 1.59. The Morgan fingerprint density at radius 3 is 2.15 bits per heavy atom. The van der Waals surface area contributed by atoms with E-state index in [1.54, 1.807) is 36.4 Å². The normalized spacial score (nSPS) is 17.1. The summed E-state index contributed by atoms with van der Waals surface area (Å²) >= 11 is 0. The molecule has 2 unspecified atom stereocenters. The molecule has 276 valence electrons. The van der Waals surface area contributed by atoms with E-state index >= 15 is 0 Å². The van der Waals surface area contributed by atoms with Crippen molar-refractivity contribution in [3.8, 4) is 22.4 Å². The van der Waals surface area contributed by atoms with Crippen LogP contribution < -0.4 is 5.32 Å². The maximum absolute atomic E-state index is 14.5. The van der Waals surface area contributed by atoms with Crippen molar-refractivity contribution in [1.82, 2.24) is 4.57 Å². The van der Waals surface area contributed by atoms with Crippen LogP contribution in [0.5, 0.6) is 0 Å². The van der Waals surface area contributed by atoms with Crippen molar-refractivity contribution in [3.05, 3.63) is 102 Å². The minimum absolute atomic E-state index is 0.102. The predicted octanol–water partition coefficient (Wildman–Crippen LogP) is 9.16. The van der Waals surface area contributed by atoms with Gasteiger partial charge in [0.05, 0.1) is 42.6 Å². The average molecular weight is 713 g/mol. The van der Waals surface area contributed by atoms with Crippen LogP contribution in [0.1, 0.15) is 100 Å². The molecule has 0 radical (unpaired) electrons. The first-order valence-corrected chi connectivity index (χ1v) is 17.7. The smallest absolute Gasteiger partial charge is 0.337 e. The molecule has 1 N–H and O–H groups in total. The summed E-state index contributed by atoms with van der Waals surface area (Å²) in [6.07, 6.45) is 0.454. The molecule has 1 fully saturated rings. The van der Waals surface area contributed by atoms with Crippen LogP contribution in [0.3, 0.4) is 0 Å². The van der Waals surface area contributed by atoms with E-state index in [0.717, 1.165) is 28.1 Å². The van der Waals surface area contributed by atoms with E-state index in [4.69, 9.17) is 18.9 Å². The number of esters is 2. The Hall–Kier alpha value is -4.80. The molecule has 5 rings (SSSR count). The van der Waals surface area contributed by atoms with E-state index < -0.39 is 23.5 Å². The third-order valence-corrected chi connectivity index (χ3v) is 8.74. The third kappa shape index (κ3) is 9.35.